The third kappa shape index (κ3) is 4.26. The molecule has 4 aromatic rings. The number of benzene rings is 2. The lowest BCUT2D eigenvalue weighted by atomic mass is 9.90. The summed E-state index contributed by atoms with van der Waals surface area (Å²) in [4.78, 5) is 14.0. The van der Waals surface area contributed by atoms with Gasteiger partial charge in [-0.1, -0.05) is 67.3 Å². The van der Waals surface area contributed by atoms with Gasteiger partial charge in [0, 0.05) is 22.7 Å². The number of pyridine rings is 1. The van der Waals surface area contributed by atoms with E-state index in [0.29, 0.717) is 40.6 Å². The average Bonchev–Trinajstić information content (AvgIpc) is 2.84. The van der Waals surface area contributed by atoms with Gasteiger partial charge in [0.15, 0.2) is 5.82 Å². The molecule has 5 nitrogen and oxygen atoms in total. The van der Waals surface area contributed by atoms with Crippen molar-refractivity contribution in [2.24, 2.45) is 5.92 Å². The molecule has 0 aliphatic heterocycles. The minimum absolute atomic E-state index is 0.303. The maximum absolute atomic E-state index is 6.58. The largest absolute Gasteiger partial charge is 0.475 e. The summed E-state index contributed by atoms with van der Waals surface area (Å²) in [6.07, 6.45) is 7.95. The van der Waals surface area contributed by atoms with Crippen molar-refractivity contribution in [3.63, 3.8) is 0 Å². The van der Waals surface area contributed by atoms with Crippen LogP contribution in [0.5, 0.6) is 5.88 Å². The molecule has 0 saturated heterocycles. The Morgan fingerprint density at radius 1 is 0.906 bits per heavy atom. The molecule has 6 heteroatoms. The Labute approximate surface area is 192 Å². The van der Waals surface area contributed by atoms with Crippen LogP contribution < -0.4 is 10.5 Å². The molecule has 2 heterocycles. The number of nitrogen functional groups attached to an aromatic ring is 1. The van der Waals surface area contributed by atoms with Crippen LogP contribution in [0.1, 0.15) is 32.1 Å². The van der Waals surface area contributed by atoms with E-state index in [2.05, 4.69) is 4.98 Å². The lowest BCUT2D eigenvalue weighted by Crippen LogP contribution is -2.17. The summed E-state index contributed by atoms with van der Waals surface area (Å²) in [6.45, 7) is 0.616. The summed E-state index contributed by atoms with van der Waals surface area (Å²) in [7, 11) is 0. The van der Waals surface area contributed by atoms with Gasteiger partial charge in [0.05, 0.1) is 22.8 Å². The zero-order chi connectivity index (χ0) is 21.9. The molecule has 0 radical (unpaired) electrons. The summed E-state index contributed by atoms with van der Waals surface area (Å²) in [5.41, 5.74) is 10.2. The third-order valence-corrected chi connectivity index (χ3v) is 6.34. The predicted octanol–water partition coefficient (Wildman–Crippen LogP) is 6.55. The highest BCUT2D eigenvalue weighted by molar-refractivity contribution is 6.35. The van der Waals surface area contributed by atoms with Crippen LogP contribution in [0.4, 0.5) is 5.82 Å². The van der Waals surface area contributed by atoms with Crippen LogP contribution in [-0.2, 0) is 0 Å². The lowest BCUT2D eigenvalue weighted by molar-refractivity contribution is 0.203. The fraction of sp³-hybridized carbons (Fsp3) is 0.269. The summed E-state index contributed by atoms with van der Waals surface area (Å²) in [5, 5.41) is 1.51. The van der Waals surface area contributed by atoms with Gasteiger partial charge in [-0.25, -0.2) is 9.97 Å². The number of nitrogens with two attached hydrogens (primary N) is 1. The molecule has 1 aliphatic carbocycles. The van der Waals surface area contributed by atoms with Crippen molar-refractivity contribution < 1.29 is 4.74 Å². The van der Waals surface area contributed by atoms with E-state index >= 15 is 0 Å². The number of fused-ring (bicyclic) bond motifs is 1. The van der Waals surface area contributed by atoms with Gasteiger partial charge in [0.2, 0.25) is 0 Å². The van der Waals surface area contributed by atoms with Gasteiger partial charge in [0.1, 0.15) is 5.69 Å². The summed E-state index contributed by atoms with van der Waals surface area (Å²) in [6, 6.07) is 17.7. The Hall–Kier alpha value is -3.18. The first kappa shape index (κ1) is 20.7. The molecular weight excluding hydrogens is 420 g/mol. The molecule has 1 fully saturated rings. The number of rotatable bonds is 5. The number of halogens is 1. The van der Waals surface area contributed by atoms with E-state index in [1.165, 1.54) is 32.1 Å². The van der Waals surface area contributed by atoms with Gasteiger partial charge >= 0.3 is 0 Å². The molecule has 1 aliphatic rings. The molecule has 0 amide bonds. The predicted molar refractivity (Wildman–Crippen MR) is 130 cm³/mol. The highest BCUT2D eigenvalue weighted by Gasteiger charge is 2.20. The Bertz CT molecular complexity index is 1240. The first-order valence-corrected chi connectivity index (χ1v) is 11.5. The SMILES string of the molecule is Nc1nc(-c2ccccc2)c(-c2cc(Cl)c3ncccc3c2)nc1OCC1CCCCC1. The van der Waals surface area contributed by atoms with Crippen molar-refractivity contribution in [1.82, 2.24) is 15.0 Å². The van der Waals surface area contributed by atoms with Crippen molar-refractivity contribution in [3.8, 4) is 28.4 Å². The van der Waals surface area contributed by atoms with Gasteiger partial charge in [-0.2, -0.15) is 0 Å². The molecule has 0 bridgehead atoms. The van der Waals surface area contributed by atoms with E-state index in [1.54, 1.807) is 6.20 Å². The Morgan fingerprint density at radius 2 is 1.69 bits per heavy atom. The van der Waals surface area contributed by atoms with Crippen LogP contribution in [0.25, 0.3) is 33.4 Å². The maximum atomic E-state index is 6.58. The fourth-order valence-corrected chi connectivity index (χ4v) is 4.65. The van der Waals surface area contributed by atoms with E-state index < -0.39 is 0 Å². The smallest absolute Gasteiger partial charge is 0.257 e. The second kappa shape index (κ2) is 9.13. The molecule has 2 aromatic heterocycles. The zero-order valence-corrected chi connectivity index (χ0v) is 18.6. The van der Waals surface area contributed by atoms with E-state index in [0.717, 1.165) is 22.0 Å². The van der Waals surface area contributed by atoms with Crippen LogP contribution in [0.3, 0.4) is 0 Å². The van der Waals surface area contributed by atoms with Crippen molar-refractivity contribution >= 4 is 28.3 Å². The van der Waals surface area contributed by atoms with Gasteiger partial charge in [-0.15, -0.1) is 0 Å². The number of aromatic nitrogens is 3. The van der Waals surface area contributed by atoms with Crippen molar-refractivity contribution in [3.05, 3.63) is 65.8 Å². The Morgan fingerprint density at radius 3 is 2.50 bits per heavy atom. The number of hydrogen-bond acceptors (Lipinski definition) is 5. The maximum Gasteiger partial charge on any atom is 0.257 e. The first-order valence-electron chi connectivity index (χ1n) is 11.1. The monoisotopic (exact) mass is 444 g/mol. The van der Waals surface area contributed by atoms with E-state index in [4.69, 9.17) is 32.0 Å². The van der Waals surface area contributed by atoms with Crippen LogP contribution in [-0.4, -0.2) is 21.6 Å². The molecule has 0 spiro atoms. The molecule has 5 rings (SSSR count). The van der Waals surface area contributed by atoms with E-state index in [-0.39, 0.29) is 0 Å². The molecule has 0 atom stereocenters. The highest BCUT2D eigenvalue weighted by Crippen LogP contribution is 2.36. The second-order valence-corrected chi connectivity index (χ2v) is 8.73. The second-order valence-electron chi connectivity index (χ2n) is 8.33. The molecule has 2 N–H and O–H groups in total. The lowest BCUT2D eigenvalue weighted by Gasteiger charge is -2.22. The third-order valence-electron chi connectivity index (χ3n) is 6.05. The average molecular weight is 445 g/mol. The van der Waals surface area contributed by atoms with E-state index in [9.17, 15) is 0 Å². The van der Waals surface area contributed by atoms with Gasteiger partial charge < -0.3 is 10.5 Å². The number of hydrogen-bond donors (Lipinski definition) is 1. The number of ether oxygens (including phenoxy) is 1. The molecule has 162 valence electrons. The molecular formula is C26H25ClN4O. The fourth-order valence-electron chi connectivity index (χ4n) is 4.37. The number of anilines is 1. The van der Waals surface area contributed by atoms with Crippen LogP contribution >= 0.6 is 11.6 Å². The quantitative estimate of drug-likeness (QED) is 0.377. The highest BCUT2D eigenvalue weighted by atomic mass is 35.5. The summed E-state index contributed by atoms with van der Waals surface area (Å²) < 4.78 is 6.10. The van der Waals surface area contributed by atoms with E-state index in [1.807, 2.05) is 54.6 Å². The summed E-state index contributed by atoms with van der Waals surface area (Å²) in [5.74, 6) is 1.23. The van der Waals surface area contributed by atoms with Gasteiger partial charge in [-0.05, 0) is 37.0 Å². The van der Waals surface area contributed by atoms with Gasteiger partial charge in [-0.3, -0.25) is 4.98 Å². The molecule has 1 saturated carbocycles. The van der Waals surface area contributed by atoms with Crippen molar-refractivity contribution in [2.75, 3.05) is 12.3 Å². The minimum atomic E-state index is 0.303. The molecule has 32 heavy (non-hydrogen) atoms. The normalized spacial score (nSPS) is 14.5. The summed E-state index contributed by atoms with van der Waals surface area (Å²) >= 11 is 6.58. The standard InChI is InChI=1S/C26H25ClN4O/c27-21-15-20(14-19-12-7-13-29-22(19)21)24-23(18-10-5-2-6-11-18)30-25(28)26(31-24)32-16-17-8-3-1-4-9-17/h2,5-7,10-15,17H,1,3-4,8-9,16H2,(H2,28,30). The Kier molecular flexibility index (Phi) is 5.91. The van der Waals surface area contributed by atoms with Crippen molar-refractivity contribution in [2.45, 2.75) is 32.1 Å². The van der Waals surface area contributed by atoms with Crippen LogP contribution in [0, 0.1) is 5.92 Å². The zero-order valence-electron chi connectivity index (χ0n) is 17.8. The number of nitrogens with zero attached hydrogens (tertiary/aromatic N) is 3. The molecule has 2 aromatic carbocycles. The van der Waals surface area contributed by atoms with Crippen LogP contribution in [0.2, 0.25) is 5.02 Å². The van der Waals surface area contributed by atoms with Crippen LogP contribution in [0.15, 0.2) is 60.8 Å². The minimum Gasteiger partial charge on any atom is -0.475 e. The molecule has 0 unspecified atom stereocenters. The topological polar surface area (TPSA) is 73.9 Å². The Balaban J connectivity index is 1.60. The van der Waals surface area contributed by atoms with Crippen molar-refractivity contribution in [1.29, 1.82) is 0 Å². The first-order chi connectivity index (χ1) is 15.7. The van der Waals surface area contributed by atoms with Gasteiger partial charge in [0.25, 0.3) is 5.88 Å².